The number of anilines is 1. The predicted molar refractivity (Wildman–Crippen MR) is 110 cm³/mol. The van der Waals surface area contributed by atoms with Gasteiger partial charge < -0.3 is 4.90 Å². The lowest BCUT2D eigenvalue weighted by atomic mass is 10.1. The van der Waals surface area contributed by atoms with Gasteiger partial charge in [0.15, 0.2) is 0 Å². The lowest BCUT2D eigenvalue weighted by Gasteiger charge is -2.23. The standard InChI is InChI=1S/C23H23N3O2/c1-15-13-16-7-4-5-8-20(16)26(15)22(27)17-10-11-18-19(14-17)24-21-9-3-2-6-12-25(21)23(18)28/h4-5,7-8,10-11,14-15H,2-3,6,9,12-13H2,1H3/t15-/m1/s1. The first-order valence-corrected chi connectivity index (χ1v) is 10.1. The van der Waals surface area contributed by atoms with E-state index in [1.165, 1.54) is 5.56 Å². The third-order valence-corrected chi connectivity index (χ3v) is 5.99. The van der Waals surface area contributed by atoms with Crippen molar-refractivity contribution in [3.05, 3.63) is 69.8 Å². The van der Waals surface area contributed by atoms with Crippen LogP contribution in [0, 0.1) is 0 Å². The highest BCUT2D eigenvalue weighted by Crippen LogP contribution is 2.33. The molecule has 0 unspecified atom stereocenters. The summed E-state index contributed by atoms with van der Waals surface area (Å²) in [6.45, 7) is 2.81. The molecule has 5 nitrogen and oxygen atoms in total. The van der Waals surface area contributed by atoms with Crippen molar-refractivity contribution in [1.29, 1.82) is 0 Å². The summed E-state index contributed by atoms with van der Waals surface area (Å²) in [6.07, 6.45) is 4.87. The van der Waals surface area contributed by atoms with E-state index in [0.29, 0.717) is 16.5 Å². The summed E-state index contributed by atoms with van der Waals surface area (Å²) in [4.78, 5) is 32.8. The summed E-state index contributed by atoms with van der Waals surface area (Å²) in [5.41, 5.74) is 3.41. The molecular weight excluding hydrogens is 350 g/mol. The minimum atomic E-state index is -0.0313. The van der Waals surface area contributed by atoms with Gasteiger partial charge in [0.25, 0.3) is 11.5 Å². The fourth-order valence-corrected chi connectivity index (χ4v) is 4.57. The highest BCUT2D eigenvalue weighted by Gasteiger charge is 2.31. The van der Waals surface area contributed by atoms with Crippen LogP contribution in [0.5, 0.6) is 0 Å². The number of aryl methyl sites for hydroxylation is 1. The topological polar surface area (TPSA) is 55.2 Å². The number of carbonyl (C=O) groups is 1. The molecule has 2 aliphatic rings. The first-order chi connectivity index (χ1) is 13.6. The minimum absolute atomic E-state index is 0.0146. The molecule has 0 aliphatic carbocycles. The van der Waals surface area contributed by atoms with Crippen LogP contribution in [-0.4, -0.2) is 21.5 Å². The van der Waals surface area contributed by atoms with Crippen molar-refractivity contribution in [1.82, 2.24) is 9.55 Å². The molecule has 1 amide bonds. The van der Waals surface area contributed by atoms with Crippen molar-refractivity contribution in [2.75, 3.05) is 4.90 Å². The summed E-state index contributed by atoms with van der Waals surface area (Å²) < 4.78 is 1.82. The Hall–Kier alpha value is -2.95. The molecule has 2 aromatic carbocycles. The highest BCUT2D eigenvalue weighted by molar-refractivity contribution is 6.09. The van der Waals surface area contributed by atoms with Crippen molar-refractivity contribution in [3.63, 3.8) is 0 Å². The zero-order valence-electron chi connectivity index (χ0n) is 16.0. The fraction of sp³-hybridized carbons (Fsp3) is 0.348. The lowest BCUT2D eigenvalue weighted by Crippen LogP contribution is -2.35. The van der Waals surface area contributed by atoms with Gasteiger partial charge in [-0.15, -0.1) is 0 Å². The summed E-state index contributed by atoms with van der Waals surface area (Å²) in [5.74, 6) is 0.815. The monoisotopic (exact) mass is 373 g/mol. The number of nitrogens with zero attached hydrogens (tertiary/aromatic N) is 3. The number of aromatic nitrogens is 2. The molecule has 2 aliphatic heterocycles. The number of para-hydroxylation sites is 1. The molecule has 0 bridgehead atoms. The number of hydrogen-bond donors (Lipinski definition) is 0. The summed E-state index contributed by atoms with van der Waals surface area (Å²) in [7, 11) is 0. The van der Waals surface area contributed by atoms with Gasteiger partial charge in [-0.1, -0.05) is 24.6 Å². The molecule has 0 radical (unpaired) electrons. The Morgan fingerprint density at radius 3 is 2.86 bits per heavy atom. The number of amides is 1. The average molecular weight is 373 g/mol. The van der Waals surface area contributed by atoms with Crippen molar-refractivity contribution in [3.8, 4) is 0 Å². The van der Waals surface area contributed by atoms with Crippen molar-refractivity contribution < 1.29 is 4.79 Å². The molecule has 1 atom stereocenters. The van der Waals surface area contributed by atoms with E-state index >= 15 is 0 Å². The van der Waals surface area contributed by atoms with E-state index in [1.54, 1.807) is 18.2 Å². The summed E-state index contributed by atoms with van der Waals surface area (Å²) in [5, 5.41) is 0.595. The van der Waals surface area contributed by atoms with Gasteiger partial charge in [0.1, 0.15) is 5.82 Å². The molecule has 5 rings (SSSR count). The van der Waals surface area contributed by atoms with Gasteiger partial charge in [-0.3, -0.25) is 14.2 Å². The van der Waals surface area contributed by atoms with Crippen molar-refractivity contribution in [2.45, 2.75) is 51.6 Å². The van der Waals surface area contributed by atoms with Crippen LogP contribution in [0.25, 0.3) is 10.9 Å². The third kappa shape index (κ3) is 2.65. The van der Waals surface area contributed by atoms with Crippen LogP contribution in [0.1, 0.15) is 47.9 Å². The molecule has 5 heteroatoms. The molecule has 142 valence electrons. The molecule has 0 fully saturated rings. The van der Waals surface area contributed by atoms with E-state index in [0.717, 1.165) is 50.2 Å². The quantitative estimate of drug-likeness (QED) is 0.653. The van der Waals surface area contributed by atoms with Crippen LogP contribution >= 0.6 is 0 Å². The van der Waals surface area contributed by atoms with Crippen molar-refractivity contribution >= 4 is 22.5 Å². The van der Waals surface area contributed by atoms with E-state index in [4.69, 9.17) is 4.98 Å². The minimum Gasteiger partial charge on any atom is -0.305 e. The second-order valence-corrected chi connectivity index (χ2v) is 7.88. The third-order valence-electron chi connectivity index (χ3n) is 5.99. The van der Waals surface area contributed by atoms with Crippen LogP contribution in [0.3, 0.4) is 0 Å². The number of rotatable bonds is 1. The molecule has 1 aromatic heterocycles. The van der Waals surface area contributed by atoms with Crippen LogP contribution < -0.4 is 10.5 Å². The van der Waals surface area contributed by atoms with E-state index in [-0.39, 0.29) is 17.5 Å². The van der Waals surface area contributed by atoms with E-state index < -0.39 is 0 Å². The van der Waals surface area contributed by atoms with E-state index in [9.17, 15) is 9.59 Å². The largest absolute Gasteiger partial charge is 0.305 e. The normalized spacial score (nSPS) is 18.6. The molecule has 0 saturated heterocycles. The van der Waals surface area contributed by atoms with Gasteiger partial charge in [-0.05, 0) is 56.0 Å². The van der Waals surface area contributed by atoms with Gasteiger partial charge >= 0.3 is 0 Å². The second kappa shape index (κ2) is 6.59. The Morgan fingerprint density at radius 1 is 1.11 bits per heavy atom. The summed E-state index contributed by atoms with van der Waals surface area (Å²) >= 11 is 0. The van der Waals surface area contributed by atoms with E-state index in [1.807, 2.05) is 27.7 Å². The Labute approximate surface area is 163 Å². The SMILES string of the molecule is C[C@@H]1Cc2ccccc2N1C(=O)c1ccc2c(=O)n3c(nc2c1)CCCCC3. The van der Waals surface area contributed by atoms with Crippen LogP contribution in [-0.2, 0) is 19.4 Å². The molecule has 3 heterocycles. The molecule has 0 spiro atoms. The summed E-state index contributed by atoms with van der Waals surface area (Å²) in [6, 6.07) is 13.5. The number of fused-ring (bicyclic) bond motifs is 3. The predicted octanol–water partition coefficient (Wildman–Crippen LogP) is 3.71. The molecule has 0 saturated carbocycles. The Bertz CT molecular complexity index is 1150. The molecular formula is C23H23N3O2. The van der Waals surface area contributed by atoms with Gasteiger partial charge in [0.05, 0.1) is 10.9 Å². The van der Waals surface area contributed by atoms with Crippen molar-refractivity contribution in [2.24, 2.45) is 0 Å². The first kappa shape index (κ1) is 17.2. The highest BCUT2D eigenvalue weighted by atomic mass is 16.2. The van der Waals surface area contributed by atoms with Crippen LogP contribution in [0.2, 0.25) is 0 Å². The van der Waals surface area contributed by atoms with Gasteiger partial charge in [-0.25, -0.2) is 4.98 Å². The van der Waals surface area contributed by atoms with E-state index in [2.05, 4.69) is 13.0 Å². The maximum absolute atomic E-state index is 13.3. The van der Waals surface area contributed by atoms with Crippen LogP contribution in [0.4, 0.5) is 5.69 Å². The van der Waals surface area contributed by atoms with Crippen LogP contribution in [0.15, 0.2) is 47.3 Å². The molecule has 28 heavy (non-hydrogen) atoms. The number of hydrogen-bond acceptors (Lipinski definition) is 3. The zero-order valence-corrected chi connectivity index (χ0v) is 16.0. The number of benzene rings is 2. The fourth-order valence-electron chi connectivity index (χ4n) is 4.57. The maximum Gasteiger partial charge on any atom is 0.261 e. The first-order valence-electron chi connectivity index (χ1n) is 10.1. The zero-order chi connectivity index (χ0) is 19.3. The maximum atomic E-state index is 13.3. The van der Waals surface area contributed by atoms with Gasteiger partial charge in [0, 0.05) is 30.3 Å². The smallest absolute Gasteiger partial charge is 0.261 e. The molecule has 3 aromatic rings. The molecule has 0 N–H and O–H groups in total. The second-order valence-electron chi connectivity index (χ2n) is 7.88. The van der Waals surface area contributed by atoms with Gasteiger partial charge in [-0.2, -0.15) is 0 Å². The number of carbonyl (C=O) groups excluding carboxylic acids is 1. The Balaban J connectivity index is 1.59. The Morgan fingerprint density at radius 2 is 1.96 bits per heavy atom. The Kier molecular flexibility index (Phi) is 4.04. The average Bonchev–Trinajstić information content (AvgIpc) is 2.86. The van der Waals surface area contributed by atoms with Gasteiger partial charge in [0.2, 0.25) is 0 Å². The lowest BCUT2D eigenvalue weighted by molar-refractivity contribution is 0.0981.